The number of carbonyl (C=O) groups excluding carboxylic acids is 1. The molecule has 0 spiro atoms. The number of carboxylic acids is 1. The highest BCUT2D eigenvalue weighted by Gasteiger charge is 2.10. The minimum absolute atomic E-state index is 0.00136. The highest BCUT2D eigenvalue weighted by atomic mass is 32.2. The van der Waals surface area contributed by atoms with E-state index >= 15 is 0 Å². The van der Waals surface area contributed by atoms with E-state index in [1.54, 1.807) is 24.3 Å². The molecule has 7 heteroatoms. The van der Waals surface area contributed by atoms with Crippen molar-refractivity contribution in [2.45, 2.75) is 31.9 Å². The smallest absolute Gasteiger partial charge is 0.281 e. The Bertz CT molecular complexity index is 680. The fraction of sp³-hybridized carbons (Fsp3) is 0.312. The van der Waals surface area contributed by atoms with Crippen molar-refractivity contribution in [1.82, 2.24) is 10.2 Å². The van der Waals surface area contributed by atoms with E-state index in [1.165, 1.54) is 6.08 Å². The Morgan fingerprint density at radius 3 is 2.61 bits per heavy atom. The van der Waals surface area contributed by atoms with Gasteiger partial charge in [-0.25, -0.2) is 0 Å². The van der Waals surface area contributed by atoms with Gasteiger partial charge in [0.2, 0.25) is 5.89 Å². The molecule has 0 atom stereocenters. The zero-order valence-corrected chi connectivity index (χ0v) is 13.8. The average molecular weight is 333 g/mol. The summed E-state index contributed by atoms with van der Waals surface area (Å²) in [5, 5.41) is 19.1. The number of aromatic nitrogens is 2. The van der Waals surface area contributed by atoms with E-state index in [-0.39, 0.29) is 10.1 Å². The van der Waals surface area contributed by atoms with Crippen LogP contribution in [0.2, 0.25) is 0 Å². The molecule has 0 fully saturated rings. The summed E-state index contributed by atoms with van der Waals surface area (Å²) >= 11 is 0.873. The Hall–Kier alpha value is -2.28. The minimum Gasteiger partial charge on any atom is -0.544 e. The van der Waals surface area contributed by atoms with Gasteiger partial charge < -0.3 is 19.1 Å². The summed E-state index contributed by atoms with van der Waals surface area (Å²) in [4.78, 5) is 11.3. The first-order valence-electron chi connectivity index (χ1n) is 7.28. The van der Waals surface area contributed by atoms with Crippen molar-refractivity contribution in [3.8, 4) is 5.75 Å². The highest BCUT2D eigenvalue weighted by Crippen LogP contribution is 2.27. The maximum atomic E-state index is 11.3. The molecule has 1 aromatic heterocycles. The second-order valence-corrected chi connectivity index (χ2v) is 5.62. The molecule has 0 saturated heterocycles. The normalized spacial score (nSPS) is 11.5. The quantitative estimate of drug-likeness (QED) is 0.541. The zero-order chi connectivity index (χ0) is 16.7. The minimum atomic E-state index is -1.29. The highest BCUT2D eigenvalue weighted by molar-refractivity contribution is 8.03. The molecule has 2 aromatic rings. The summed E-state index contributed by atoms with van der Waals surface area (Å²) in [7, 11) is 0. The SMILES string of the molecule is CCCOc1ccc(/C=C(/Sc2nnc(CC)o2)C(=O)[O-])cc1. The topological polar surface area (TPSA) is 88.3 Å². The number of hydrogen-bond acceptors (Lipinski definition) is 7. The van der Waals surface area contributed by atoms with Gasteiger partial charge in [0.05, 0.1) is 12.6 Å². The Labute approximate surface area is 138 Å². The van der Waals surface area contributed by atoms with Crippen LogP contribution in [-0.4, -0.2) is 22.8 Å². The summed E-state index contributed by atoms with van der Waals surface area (Å²) in [6.45, 7) is 4.55. The Balaban J connectivity index is 2.13. The first kappa shape index (κ1) is 17.1. The Morgan fingerprint density at radius 2 is 2.04 bits per heavy atom. The van der Waals surface area contributed by atoms with Crippen LogP contribution >= 0.6 is 11.8 Å². The van der Waals surface area contributed by atoms with E-state index in [4.69, 9.17) is 9.15 Å². The first-order valence-corrected chi connectivity index (χ1v) is 8.10. The van der Waals surface area contributed by atoms with Crippen LogP contribution in [0.1, 0.15) is 31.7 Å². The summed E-state index contributed by atoms with van der Waals surface area (Å²) in [5.41, 5.74) is 0.718. The van der Waals surface area contributed by atoms with Crippen molar-refractivity contribution in [2.24, 2.45) is 0 Å². The Morgan fingerprint density at radius 1 is 1.30 bits per heavy atom. The van der Waals surface area contributed by atoms with Crippen molar-refractivity contribution < 1.29 is 19.1 Å². The fourth-order valence-corrected chi connectivity index (χ4v) is 2.36. The molecule has 0 amide bonds. The number of carbonyl (C=O) groups is 1. The number of rotatable bonds is 8. The van der Waals surface area contributed by atoms with Crippen molar-refractivity contribution in [3.05, 3.63) is 40.6 Å². The van der Waals surface area contributed by atoms with Gasteiger partial charge in [0.1, 0.15) is 5.75 Å². The lowest BCUT2D eigenvalue weighted by molar-refractivity contribution is -0.298. The van der Waals surface area contributed by atoms with E-state index in [1.807, 2.05) is 13.8 Å². The predicted octanol–water partition coefficient (Wildman–Crippen LogP) is 2.30. The molecule has 0 saturated carbocycles. The van der Waals surface area contributed by atoms with Crippen molar-refractivity contribution in [3.63, 3.8) is 0 Å². The van der Waals surface area contributed by atoms with Gasteiger partial charge in [-0.15, -0.1) is 10.2 Å². The maximum absolute atomic E-state index is 11.3. The third kappa shape index (κ3) is 5.14. The van der Waals surface area contributed by atoms with Crippen molar-refractivity contribution >= 4 is 23.8 Å². The molecule has 122 valence electrons. The molecule has 0 N–H and O–H groups in total. The van der Waals surface area contributed by atoms with E-state index in [2.05, 4.69) is 10.2 Å². The van der Waals surface area contributed by atoms with Crippen LogP contribution in [0.25, 0.3) is 6.08 Å². The Kier molecular flexibility index (Phi) is 6.22. The van der Waals surface area contributed by atoms with Gasteiger partial charge in [0.25, 0.3) is 5.22 Å². The molecule has 1 heterocycles. The van der Waals surface area contributed by atoms with E-state index in [9.17, 15) is 9.90 Å². The van der Waals surface area contributed by atoms with Crippen LogP contribution in [-0.2, 0) is 11.2 Å². The standard InChI is InChI=1S/C16H18N2O4S/c1-3-9-21-12-7-5-11(6-8-12)10-13(15(19)20)23-16-18-17-14(4-2)22-16/h5-8,10H,3-4,9H2,1-2H3,(H,19,20)/p-1/b13-10+. The molecular formula is C16H17N2O4S-. The molecule has 6 nitrogen and oxygen atoms in total. The average Bonchev–Trinajstić information content (AvgIpc) is 3.01. The molecule has 0 radical (unpaired) electrons. The van der Waals surface area contributed by atoms with Crippen LogP contribution < -0.4 is 9.84 Å². The van der Waals surface area contributed by atoms with Crippen molar-refractivity contribution in [1.29, 1.82) is 0 Å². The van der Waals surface area contributed by atoms with Gasteiger partial charge in [-0.05, 0) is 42.0 Å². The molecule has 0 aliphatic heterocycles. The molecule has 0 unspecified atom stereocenters. The third-order valence-electron chi connectivity index (χ3n) is 2.80. The number of carboxylic acid groups (broad SMARTS) is 1. The van der Waals surface area contributed by atoms with Crippen LogP contribution in [0, 0.1) is 0 Å². The zero-order valence-electron chi connectivity index (χ0n) is 12.9. The molecule has 1 aromatic carbocycles. The molecule has 0 bridgehead atoms. The lowest BCUT2D eigenvalue weighted by Crippen LogP contribution is -2.23. The number of aliphatic carboxylic acids is 1. The second-order valence-electron chi connectivity index (χ2n) is 4.63. The third-order valence-corrected chi connectivity index (χ3v) is 3.64. The lowest BCUT2D eigenvalue weighted by atomic mass is 10.2. The van der Waals surface area contributed by atoms with Crippen LogP contribution in [0.3, 0.4) is 0 Å². The van der Waals surface area contributed by atoms with E-state index < -0.39 is 5.97 Å². The fourth-order valence-electron chi connectivity index (χ4n) is 1.68. The van der Waals surface area contributed by atoms with E-state index in [0.29, 0.717) is 18.9 Å². The molecular weight excluding hydrogens is 316 g/mol. The summed E-state index contributed by atoms with van der Waals surface area (Å²) < 4.78 is 10.8. The number of nitrogens with zero attached hydrogens (tertiary/aromatic N) is 2. The summed E-state index contributed by atoms with van der Waals surface area (Å²) in [6, 6.07) is 7.14. The van der Waals surface area contributed by atoms with Crippen LogP contribution in [0.15, 0.2) is 38.8 Å². The number of benzene rings is 1. The van der Waals surface area contributed by atoms with Gasteiger partial charge in [-0.3, -0.25) is 0 Å². The summed E-state index contributed by atoms with van der Waals surface area (Å²) in [5.74, 6) is -0.0867. The van der Waals surface area contributed by atoms with Gasteiger partial charge in [0, 0.05) is 11.3 Å². The van der Waals surface area contributed by atoms with Gasteiger partial charge in [0.15, 0.2) is 0 Å². The van der Waals surface area contributed by atoms with Gasteiger partial charge >= 0.3 is 0 Å². The first-order chi connectivity index (χ1) is 11.1. The molecule has 2 rings (SSSR count). The largest absolute Gasteiger partial charge is 0.544 e. The van der Waals surface area contributed by atoms with Crippen molar-refractivity contribution in [2.75, 3.05) is 6.61 Å². The lowest BCUT2D eigenvalue weighted by Gasteiger charge is -2.07. The predicted molar refractivity (Wildman–Crippen MR) is 84.7 cm³/mol. The molecule has 0 aliphatic rings. The van der Waals surface area contributed by atoms with Crippen LogP contribution in [0.4, 0.5) is 0 Å². The monoisotopic (exact) mass is 333 g/mol. The van der Waals surface area contributed by atoms with E-state index in [0.717, 1.165) is 29.5 Å². The number of ether oxygens (including phenoxy) is 1. The van der Waals surface area contributed by atoms with Crippen LogP contribution in [0.5, 0.6) is 5.75 Å². The molecule has 0 aliphatic carbocycles. The van der Waals surface area contributed by atoms with Gasteiger partial charge in [-0.1, -0.05) is 26.0 Å². The number of thioether (sulfide) groups is 1. The number of aryl methyl sites for hydroxylation is 1. The summed E-state index contributed by atoms with van der Waals surface area (Å²) in [6.07, 6.45) is 3.02. The second kappa shape index (κ2) is 8.38. The number of hydrogen-bond donors (Lipinski definition) is 0. The molecule has 23 heavy (non-hydrogen) atoms. The maximum Gasteiger partial charge on any atom is 0.281 e. The van der Waals surface area contributed by atoms with Gasteiger partial charge in [-0.2, -0.15) is 0 Å².